The molecule has 1 heterocycles. The molecule has 0 radical (unpaired) electrons. The molecule has 1 N–H and O–H groups in total. The van der Waals surface area contributed by atoms with Gasteiger partial charge in [-0.15, -0.1) is 0 Å². The maximum atomic E-state index is 11.4. The van der Waals surface area contributed by atoms with Gasteiger partial charge in [-0.25, -0.2) is 0 Å². The molecule has 0 spiro atoms. The fraction of sp³-hybridized carbons (Fsp3) is 0.190. The van der Waals surface area contributed by atoms with E-state index in [1.165, 1.54) is 5.56 Å². The average Bonchev–Trinajstić information content (AvgIpc) is 2.64. The lowest BCUT2D eigenvalue weighted by atomic mass is 9.84. The van der Waals surface area contributed by atoms with Crippen molar-refractivity contribution in [2.45, 2.75) is 24.9 Å². The van der Waals surface area contributed by atoms with Gasteiger partial charge < -0.3 is 5.11 Å². The molecule has 0 fully saturated rings. The summed E-state index contributed by atoms with van der Waals surface area (Å²) >= 11 is 5.99. The van der Waals surface area contributed by atoms with Gasteiger partial charge in [-0.05, 0) is 54.7 Å². The first-order valence-corrected chi connectivity index (χ1v) is 8.50. The third-order valence-corrected chi connectivity index (χ3v) is 4.51. The molecule has 0 saturated carbocycles. The van der Waals surface area contributed by atoms with Gasteiger partial charge in [0.2, 0.25) is 0 Å². The van der Waals surface area contributed by atoms with E-state index in [0.717, 1.165) is 18.4 Å². The summed E-state index contributed by atoms with van der Waals surface area (Å²) in [6.45, 7) is 0. The lowest BCUT2D eigenvalue weighted by Gasteiger charge is -2.28. The highest BCUT2D eigenvalue weighted by Crippen LogP contribution is 2.34. The molecule has 3 heteroatoms. The molecule has 0 bridgehead atoms. The summed E-state index contributed by atoms with van der Waals surface area (Å²) in [6, 6.07) is 23.3. The maximum absolute atomic E-state index is 11.4. The van der Waals surface area contributed by atoms with Crippen LogP contribution < -0.4 is 0 Å². The lowest BCUT2D eigenvalue weighted by molar-refractivity contribution is 0.0643. The Morgan fingerprint density at radius 1 is 0.875 bits per heavy atom. The zero-order chi connectivity index (χ0) is 16.8. The second-order valence-electron chi connectivity index (χ2n) is 5.92. The molecule has 2 nitrogen and oxygen atoms in total. The van der Waals surface area contributed by atoms with Crippen molar-refractivity contribution in [3.05, 3.63) is 101 Å². The molecule has 0 aliphatic heterocycles. The van der Waals surface area contributed by atoms with E-state index in [1.54, 1.807) is 6.20 Å². The molecule has 3 rings (SSSR count). The van der Waals surface area contributed by atoms with E-state index < -0.39 is 5.60 Å². The van der Waals surface area contributed by atoms with Crippen LogP contribution in [-0.2, 0) is 12.0 Å². The quantitative estimate of drug-likeness (QED) is 0.687. The van der Waals surface area contributed by atoms with E-state index in [-0.39, 0.29) is 0 Å². The van der Waals surface area contributed by atoms with Crippen LogP contribution in [0, 0.1) is 0 Å². The molecule has 122 valence electrons. The summed E-state index contributed by atoms with van der Waals surface area (Å²) in [6.07, 6.45) is 4.09. The summed E-state index contributed by atoms with van der Waals surface area (Å²) in [4.78, 5) is 4.39. The first-order valence-electron chi connectivity index (χ1n) is 8.12. The Hall–Kier alpha value is -2.16. The van der Waals surface area contributed by atoms with Crippen LogP contribution >= 0.6 is 11.6 Å². The molecule has 24 heavy (non-hydrogen) atoms. The highest BCUT2D eigenvalue weighted by atomic mass is 35.5. The summed E-state index contributed by atoms with van der Waals surface area (Å²) in [5.41, 5.74) is 1.65. The Morgan fingerprint density at radius 2 is 1.58 bits per heavy atom. The van der Waals surface area contributed by atoms with Gasteiger partial charge in [0.25, 0.3) is 0 Å². The molecule has 1 aromatic heterocycles. The van der Waals surface area contributed by atoms with Crippen LogP contribution in [0.15, 0.2) is 79.0 Å². The van der Waals surface area contributed by atoms with Crippen molar-refractivity contribution >= 4 is 11.6 Å². The highest BCUT2D eigenvalue weighted by Gasteiger charge is 2.32. The maximum Gasteiger partial charge on any atom is 0.131 e. The molecule has 0 aliphatic rings. The van der Waals surface area contributed by atoms with Gasteiger partial charge >= 0.3 is 0 Å². The summed E-state index contributed by atoms with van der Waals surface area (Å²) in [5, 5.41) is 12.1. The fourth-order valence-electron chi connectivity index (χ4n) is 2.95. The standard InChI is InChI=1S/C21H20ClNO/c22-19-13-11-18(12-14-19)21(24,20-10-4-5-16-23-20)15-6-9-17-7-2-1-3-8-17/h1-5,7-8,10-14,16,24H,6,9,15H2. The van der Waals surface area contributed by atoms with Crippen molar-refractivity contribution in [3.63, 3.8) is 0 Å². The SMILES string of the molecule is OC(CCCc1ccccc1)(c1ccc(Cl)cc1)c1ccccn1. The number of aliphatic hydroxyl groups is 1. The predicted octanol–water partition coefficient (Wildman–Crippen LogP) is 4.99. The monoisotopic (exact) mass is 337 g/mol. The fourth-order valence-corrected chi connectivity index (χ4v) is 3.07. The topological polar surface area (TPSA) is 33.1 Å². The molecule has 0 amide bonds. The minimum atomic E-state index is -1.11. The van der Waals surface area contributed by atoms with E-state index in [0.29, 0.717) is 17.1 Å². The van der Waals surface area contributed by atoms with Crippen molar-refractivity contribution in [1.29, 1.82) is 0 Å². The summed E-state index contributed by atoms with van der Waals surface area (Å²) in [7, 11) is 0. The van der Waals surface area contributed by atoms with Crippen molar-refractivity contribution in [1.82, 2.24) is 4.98 Å². The van der Waals surface area contributed by atoms with E-state index >= 15 is 0 Å². The number of nitrogens with zero attached hydrogens (tertiary/aromatic N) is 1. The molecule has 2 aromatic carbocycles. The van der Waals surface area contributed by atoms with Gasteiger partial charge in [-0.3, -0.25) is 4.98 Å². The Bertz CT molecular complexity index is 759. The van der Waals surface area contributed by atoms with Crippen LogP contribution in [0.25, 0.3) is 0 Å². The van der Waals surface area contributed by atoms with Crippen LogP contribution in [0.2, 0.25) is 5.02 Å². The van der Waals surface area contributed by atoms with Crippen LogP contribution in [0.4, 0.5) is 0 Å². The Balaban J connectivity index is 1.83. The van der Waals surface area contributed by atoms with Gasteiger partial charge in [-0.2, -0.15) is 0 Å². The van der Waals surface area contributed by atoms with E-state index in [2.05, 4.69) is 17.1 Å². The largest absolute Gasteiger partial charge is 0.379 e. The van der Waals surface area contributed by atoms with E-state index in [9.17, 15) is 5.11 Å². The third kappa shape index (κ3) is 3.84. The van der Waals surface area contributed by atoms with Gasteiger partial charge in [0.1, 0.15) is 5.60 Å². The Labute approximate surface area is 147 Å². The lowest BCUT2D eigenvalue weighted by Crippen LogP contribution is -2.28. The van der Waals surface area contributed by atoms with Gasteiger partial charge in [-0.1, -0.05) is 60.1 Å². The predicted molar refractivity (Wildman–Crippen MR) is 98.1 cm³/mol. The van der Waals surface area contributed by atoms with Gasteiger partial charge in [0, 0.05) is 11.2 Å². The van der Waals surface area contributed by atoms with Crippen LogP contribution in [-0.4, -0.2) is 10.1 Å². The van der Waals surface area contributed by atoms with Gasteiger partial charge in [0.05, 0.1) is 5.69 Å². The Morgan fingerprint density at radius 3 is 2.25 bits per heavy atom. The zero-order valence-corrected chi connectivity index (χ0v) is 14.2. The molecule has 1 atom stereocenters. The smallest absolute Gasteiger partial charge is 0.131 e. The average molecular weight is 338 g/mol. The molecule has 0 saturated heterocycles. The van der Waals surface area contributed by atoms with Crippen LogP contribution in [0.1, 0.15) is 29.7 Å². The minimum absolute atomic E-state index is 0.598. The van der Waals surface area contributed by atoms with Crippen molar-refractivity contribution < 1.29 is 5.11 Å². The molecule has 0 aliphatic carbocycles. The summed E-state index contributed by atoms with van der Waals surface area (Å²) < 4.78 is 0. The van der Waals surface area contributed by atoms with Crippen molar-refractivity contribution in [2.75, 3.05) is 0 Å². The number of aryl methyl sites for hydroxylation is 1. The van der Waals surface area contributed by atoms with Crippen molar-refractivity contribution in [2.24, 2.45) is 0 Å². The highest BCUT2D eigenvalue weighted by molar-refractivity contribution is 6.30. The zero-order valence-electron chi connectivity index (χ0n) is 13.4. The number of hydrogen-bond donors (Lipinski definition) is 1. The number of benzene rings is 2. The molecular weight excluding hydrogens is 318 g/mol. The first kappa shape index (κ1) is 16.7. The first-order chi connectivity index (χ1) is 11.7. The number of pyridine rings is 1. The normalized spacial score (nSPS) is 13.4. The Kier molecular flexibility index (Phi) is 5.29. The van der Waals surface area contributed by atoms with E-state index in [4.69, 9.17) is 11.6 Å². The second-order valence-corrected chi connectivity index (χ2v) is 6.36. The van der Waals surface area contributed by atoms with E-state index in [1.807, 2.05) is 60.7 Å². The third-order valence-electron chi connectivity index (χ3n) is 4.26. The molecule has 1 unspecified atom stereocenters. The second kappa shape index (κ2) is 7.61. The van der Waals surface area contributed by atoms with Gasteiger partial charge in [0.15, 0.2) is 0 Å². The van der Waals surface area contributed by atoms with Crippen LogP contribution in [0.3, 0.4) is 0 Å². The number of hydrogen-bond acceptors (Lipinski definition) is 2. The number of halogens is 1. The summed E-state index contributed by atoms with van der Waals surface area (Å²) in [5.74, 6) is 0. The molecule has 3 aromatic rings. The van der Waals surface area contributed by atoms with Crippen molar-refractivity contribution in [3.8, 4) is 0 Å². The number of rotatable bonds is 6. The number of aromatic nitrogens is 1. The minimum Gasteiger partial charge on any atom is -0.379 e. The molecular formula is C21H20ClNO. The van der Waals surface area contributed by atoms with Crippen LogP contribution in [0.5, 0.6) is 0 Å².